The number of rotatable bonds is 6. The van der Waals surface area contributed by atoms with E-state index in [0.717, 1.165) is 13.8 Å². The number of aliphatic hydroxyl groups excluding tert-OH is 1. The minimum Gasteiger partial charge on any atom is -0.463 e. The molecule has 2 heterocycles. The van der Waals surface area contributed by atoms with Crippen molar-refractivity contribution < 1.29 is 43.2 Å². The van der Waals surface area contributed by atoms with Crippen molar-refractivity contribution in [2.75, 3.05) is 6.61 Å². The number of aromatic nitrogens is 1. The number of pyridine rings is 1. The molecule has 1 saturated heterocycles. The minimum atomic E-state index is -1.65. The van der Waals surface area contributed by atoms with Crippen LogP contribution in [0.4, 0.5) is 0 Å². The molecule has 0 radical (unpaired) electrons. The highest BCUT2D eigenvalue weighted by molar-refractivity contribution is 5.94. The van der Waals surface area contributed by atoms with Gasteiger partial charge in [-0.25, -0.2) is 0 Å². The maximum absolute atomic E-state index is 12.5. The van der Waals surface area contributed by atoms with E-state index in [-0.39, 0.29) is 12.2 Å². The molecule has 1 aliphatic heterocycles. The van der Waals surface area contributed by atoms with Gasteiger partial charge < -0.3 is 29.4 Å². The van der Waals surface area contributed by atoms with Gasteiger partial charge in [-0.2, -0.15) is 0 Å². The molecule has 0 aliphatic carbocycles. The van der Waals surface area contributed by atoms with Gasteiger partial charge >= 0.3 is 17.9 Å². The molecular formula is C18H22N2O9. The van der Waals surface area contributed by atoms with Gasteiger partial charge in [0.2, 0.25) is 0 Å². The second kappa shape index (κ2) is 9.94. The summed E-state index contributed by atoms with van der Waals surface area (Å²) in [6.07, 6.45) is -2.55. The lowest BCUT2D eigenvalue weighted by molar-refractivity contribution is -0.263. The summed E-state index contributed by atoms with van der Waals surface area (Å²) in [6.45, 7) is 3.04. The molecule has 0 bridgehead atoms. The Bertz CT molecular complexity index is 755. The molecule has 1 amide bonds. The quantitative estimate of drug-likeness (QED) is 0.456. The maximum atomic E-state index is 12.5. The van der Waals surface area contributed by atoms with Gasteiger partial charge in [0.25, 0.3) is 5.91 Å². The lowest BCUT2D eigenvalue weighted by Gasteiger charge is -2.43. The minimum absolute atomic E-state index is 0.187. The van der Waals surface area contributed by atoms with Crippen LogP contribution in [-0.4, -0.2) is 71.2 Å². The van der Waals surface area contributed by atoms with Gasteiger partial charge in [-0.15, -0.1) is 0 Å². The van der Waals surface area contributed by atoms with Gasteiger partial charge in [0.05, 0.1) is 5.56 Å². The third-order valence-electron chi connectivity index (χ3n) is 3.94. The highest BCUT2D eigenvalue weighted by atomic mass is 16.7. The third-order valence-corrected chi connectivity index (χ3v) is 3.94. The number of carbonyl (C=O) groups excluding carboxylic acids is 4. The molecule has 0 spiro atoms. The average molecular weight is 410 g/mol. The predicted octanol–water partition coefficient (Wildman–Crippen LogP) is -0.676. The van der Waals surface area contributed by atoms with E-state index in [4.69, 9.17) is 18.9 Å². The van der Waals surface area contributed by atoms with Crippen LogP contribution in [0.3, 0.4) is 0 Å². The first-order chi connectivity index (χ1) is 13.7. The molecule has 1 aliphatic rings. The van der Waals surface area contributed by atoms with Gasteiger partial charge in [-0.1, -0.05) is 0 Å². The second-order valence-corrected chi connectivity index (χ2v) is 6.26. The van der Waals surface area contributed by atoms with E-state index < -0.39 is 54.5 Å². The van der Waals surface area contributed by atoms with Crippen LogP contribution in [0, 0.1) is 0 Å². The first-order valence-corrected chi connectivity index (χ1v) is 8.71. The van der Waals surface area contributed by atoms with Crippen LogP contribution in [0.1, 0.15) is 31.1 Å². The molecule has 11 nitrogen and oxygen atoms in total. The van der Waals surface area contributed by atoms with E-state index in [2.05, 4.69) is 10.3 Å². The van der Waals surface area contributed by atoms with Crippen molar-refractivity contribution in [1.29, 1.82) is 0 Å². The third kappa shape index (κ3) is 6.22. The molecule has 0 aromatic carbocycles. The van der Waals surface area contributed by atoms with Crippen LogP contribution in [0.5, 0.6) is 0 Å². The number of nitrogens with zero attached hydrogens (tertiary/aromatic N) is 1. The van der Waals surface area contributed by atoms with Crippen LogP contribution >= 0.6 is 0 Å². The highest BCUT2D eigenvalue weighted by Gasteiger charge is 2.50. The van der Waals surface area contributed by atoms with Crippen LogP contribution in [0.25, 0.3) is 0 Å². The topological polar surface area (TPSA) is 150 Å². The molecule has 158 valence electrons. The number of aliphatic hydroxyl groups is 1. The van der Waals surface area contributed by atoms with E-state index in [9.17, 15) is 24.3 Å². The Morgan fingerprint density at radius 1 is 1.10 bits per heavy atom. The van der Waals surface area contributed by atoms with Crippen molar-refractivity contribution in [3.05, 3.63) is 30.1 Å². The van der Waals surface area contributed by atoms with E-state index in [1.807, 2.05) is 0 Å². The average Bonchev–Trinajstić information content (AvgIpc) is 2.65. The zero-order valence-electron chi connectivity index (χ0n) is 16.1. The van der Waals surface area contributed by atoms with Crippen molar-refractivity contribution in [3.63, 3.8) is 0 Å². The lowest BCUT2D eigenvalue weighted by atomic mass is 9.96. The normalized spacial score (nSPS) is 26.1. The zero-order valence-corrected chi connectivity index (χ0v) is 16.1. The molecule has 0 unspecified atom stereocenters. The van der Waals surface area contributed by atoms with Gasteiger partial charge in [-0.3, -0.25) is 24.2 Å². The van der Waals surface area contributed by atoms with Gasteiger partial charge in [0.15, 0.2) is 18.5 Å². The Balaban J connectivity index is 2.30. The molecule has 0 saturated carbocycles. The Morgan fingerprint density at radius 3 is 2.31 bits per heavy atom. The smallest absolute Gasteiger partial charge is 0.303 e. The molecule has 11 heteroatoms. The summed E-state index contributed by atoms with van der Waals surface area (Å²) < 4.78 is 20.7. The largest absolute Gasteiger partial charge is 0.463 e. The number of carbonyl (C=O) groups is 4. The van der Waals surface area contributed by atoms with E-state index in [1.165, 1.54) is 25.4 Å². The van der Waals surface area contributed by atoms with Gasteiger partial charge in [0.1, 0.15) is 18.8 Å². The molecule has 5 atom stereocenters. The van der Waals surface area contributed by atoms with E-state index in [0.29, 0.717) is 0 Å². The van der Waals surface area contributed by atoms with Gasteiger partial charge in [0, 0.05) is 33.2 Å². The summed E-state index contributed by atoms with van der Waals surface area (Å²) >= 11 is 0. The number of nitrogens with one attached hydrogen (secondary N) is 1. The Kier molecular flexibility index (Phi) is 7.62. The van der Waals surface area contributed by atoms with Crippen LogP contribution in [-0.2, 0) is 33.3 Å². The summed E-state index contributed by atoms with van der Waals surface area (Å²) in [5.41, 5.74) is 0.187. The fourth-order valence-electron chi connectivity index (χ4n) is 2.80. The lowest BCUT2D eigenvalue weighted by Crippen LogP contribution is -2.66. The summed E-state index contributed by atoms with van der Waals surface area (Å²) in [7, 11) is 0. The van der Waals surface area contributed by atoms with Crippen molar-refractivity contribution >= 4 is 23.8 Å². The van der Waals surface area contributed by atoms with Crippen LogP contribution in [0.2, 0.25) is 0 Å². The number of ether oxygens (including phenoxy) is 4. The molecule has 2 N–H and O–H groups in total. The van der Waals surface area contributed by atoms with Crippen molar-refractivity contribution in [3.8, 4) is 0 Å². The molecule has 1 aromatic heterocycles. The van der Waals surface area contributed by atoms with E-state index >= 15 is 0 Å². The number of amides is 1. The van der Waals surface area contributed by atoms with Crippen LogP contribution < -0.4 is 5.32 Å². The summed E-state index contributed by atoms with van der Waals surface area (Å²) in [4.78, 5) is 50.6. The standard InChI is InChI=1S/C18H22N2O9/c1-9(21)26-8-13-15(27-10(2)22)16(28-11(3)23)14(18(25)29-13)20-17(24)12-5-4-6-19-7-12/h4-7,13-16,18,25H,8H2,1-3H3,(H,20,24)/t13-,14+,15-,16-,18-/m1/s1. The monoisotopic (exact) mass is 410 g/mol. The number of esters is 3. The summed E-state index contributed by atoms with van der Waals surface area (Å²) in [6, 6.07) is 1.76. The Labute approximate surface area is 166 Å². The SMILES string of the molecule is CC(=O)OC[C@H]1O[C@@H](O)[C@@H](NC(=O)c2cccnc2)[C@@H](OC(C)=O)[C@@H]1OC(C)=O. The van der Waals surface area contributed by atoms with Crippen molar-refractivity contribution in [2.45, 2.75) is 51.4 Å². The summed E-state index contributed by atoms with van der Waals surface area (Å²) in [5, 5.41) is 12.9. The molecule has 1 aromatic rings. The first-order valence-electron chi connectivity index (χ1n) is 8.71. The maximum Gasteiger partial charge on any atom is 0.303 e. The zero-order chi connectivity index (χ0) is 21.6. The predicted molar refractivity (Wildman–Crippen MR) is 94.1 cm³/mol. The second-order valence-electron chi connectivity index (χ2n) is 6.26. The Hall–Kier alpha value is -3.05. The molecule has 1 fully saturated rings. The molecule has 29 heavy (non-hydrogen) atoms. The molecule has 2 rings (SSSR count). The molecular weight excluding hydrogens is 388 g/mol. The fourth-order valence-corrected chi connectivity index (χ4v) is 2.80. The van der Waals surface area contributed by atoms with Crippen LogP contribution in [0.15, 0.2) is 24.5 Å². The summed E-state index contributed by atoms with van der Waals surface area (Å²) in [5.74, 6) is -2.71. The van der Waals surface area contributed by atoms with Gasteiger partial charge in [-0.05, 0) is 12.1 Å². The highest BCUT2D eigenvalue weighted by Crippen LogP contribution is 2.26. The van der Waals surface area contributed by atoms with Crippen molar-refractivity contribution in [2.24, 2.45) is 0 Å². The fraction of sp³-hybridized carbons (Fsp3) is 0.500. The number of hydrogen-bond donors (Lipinski definition) is 2. The Morgan fingerprint density at radius 2 is 1.76 bits per heavy atom. The number of hydrogen-bond acceptors (Lipinski definition) is 10. The van der Waals surface area contributed by atoms with Crippen molar-refractivity contribution in [1.82, 2.24) is 10.3 Å². The van der Waals surface area contributed by atoms with E-state index in [1.54, 1.807) is 6.07 Å². The first kappa shape index (κ1) is 22.2.